The van der Waals surface area contributed by atoms with Gasteiger partial charge in [-0.15, -0.1) is 0 Å². The first-order chi connectivity index (χ1) is 5.38. The number of rotatable bonds is 3. The molecule has 0 spiro atoms. The van der Waals surface area contributed by atoms with E-state index >= 15 is 0 Å². The van der Waals surface area contributed by atoms with Crippen LogP contribution in [-0.2, 0) is 9.31 Å². The Bertz CT molecular complexity index is 203. The Morgan fingerprint density at radius 2 is 2.09 bits per heavy atom. The van der Waals surface area contributed by atoms with E-state index in [0.717, 1.165) is 0 Å². The van der Waals surface area contributed by atoms with Gasteiger partial charge in [0.15, 0.2) is 0 Å². The van der Waals surface area contributed by atoms with Crippen LogP contribution in [0.5, 0.6) is 0 Å². The summed E-state index contributed by atoms with van der Waals surface area (Å²) in [5.41, 5.74) is 0.678. The molecule has 1 rings (SSSR count). The molecule has 0 fully saturated rings. The molecule has 0 aromatic carbocycles. The van der Waals surface area contributed by atoms with Gasteiger partial charge in [-0.3, -0.25) is 0 Å². The lowest BCUT2D eigenvalue weighted by Crippen LogP contribution is -2.37. The monoisotopic (exact) mass is 152 g/mol. The van der Waals surface area contributed by atoms with Gasteiger partial charge in [-0.1, -0.05) is 0 Å². The zero-order valence-electron chi connectivity index (χ0n) is 6.52. The quantitative estimate of drug-likeness (QED) is 0.545. The molecule has 0 N–H and O–H groups in total. The SMILES string of the molecule is COB(OC)c1cccnn1. The molecule has 0 saturated heterocycles. The van der Waals surface area contributed by atoms with E-state index in [4.69, 9.17) is 9.31 Å². The van der Waals surface area contributed by atoms with E-state index in [1.165, 1.54) is 0 Å². The summed E-state index contributed by atoms with van der Waals surface area (Å²) in [5, 5.41) is 7.51. The van der Waals surface area contributed by atoms with Crippen LogP contribution in [0.1, 0.15) is 0 Å². The van der Waals surface area contributed by atoms with Gasteiger partial charge < -0.3 is 9.31 Å². The second kappa shape index (κ2) is 4.05. The zero-order chi connectivity index (χ0) is 8.10. The molecule has 0 unspecified atom stereocenters. The lowest BCUT2D eigenvalue weighted by Gasteiger charge is -2.05. The Morgan fingerprint density at radius 3 is 2.55 bits per heavy atom. The van der Waals surface area contributed by atoms with Crippen LogP contribution >= 0.6 is 0 Å². The Labute approximate surface area is 65.7 Å². The zero-order valence-corrected chi connectivity index (χ0v) is 6.52. The second-order valence-electron chi connectivity index (χ2n) is 1.95. The Balaban J connectivity index is 2.74. The summed E-state index contributed by atoms with van der Waals surface area (Å²) in [5.74, 6) is 0. The third kappa shape index (κ3) is 1.99. The van der Waals surface area contributed by atoms with Crippen LogP contribution in [0.15, 0.2) is 18.3 Å². The molecule has 0 aliphatic rings. The van der Waals surface area contributed by atoms with Crippen LogP contribution in [0.4, 0.5) is 0 Å². The number of hydrogen-bond donors (Lipinski definition) is 0. The van der Waals surface area contributed by atoms with Crippen molar-refractivity contribution < 1.29 is 9.31 Å². The van der Waals surface area contributed by atoms with Crippen molar-refractivity contribution in [2.75, 3.05) is 14.2 Å². The molecule has 4 nitrogen and oxygen atoms in total. The van der Waals surface area contributed by atoms with Gasteiger partial charge in [0.2, 0.25) is 0 Å². The minimum Gasteiger partial charge on any atom is -0.409 e. The van der Waals surface area contributed by atoms with Crippen molar-refractivity contribution in [2.45, 2.75) is 0 Å². The third-order valence-corrected chi connectivity index (χ3v) is 1.26. The van der Waals surface area contributed by atoms with Crippen LogP contribution in [0, 0.1) is 0 Å². The predicted molar refractivity (Wildman–Crippen MR) is 41.4 cm³/mol. The highest BCUT2D eigenvalue weighted by molar-refractivity contribution is 6.60. The topological polar surface area (TPSA) is 44.2 Å². The van der Waals surface area contributed by atoms with E-state index in [-0.39, 0.29) is 0 Å². The standard InChI is InChI=1S/C6H9BN2O2/c1-10-7(11-2)6-4-3-5-8-9-6/h3-5H,1-2H3. The van der Waals surface area contributed by atoms with Crippen molar-refractivity contribution in [3.63, 3.8) is 0 Å². The highest BCUT2D eigenvalue weighted by Crippen LogP contribution is 1.83. The fraction of sp³-hybridized carbons (Fsp3) is 0.333. The molecule has 1 aromatic heterocycles. The largest absolute Gasteiger partial charge is 0.515 e. The minimum absolute atomic E-state index is 0.413. The van der Waals surface area contributed by atoms with Crippen LogP contribution in [0.2, 0.25) is 0 Å². The highest BCUT2D eigenvalue weighted by atomic mass is 16.6. The molecular formula is C6H9BN2O2. The van der Waals surface area contributed by atoms with Gasteiger partial charge in [0.05, 0.1) is 5.59 Å². The fourth-order valence-electron chi connectivity index (χ4n) is 0.777. The van der Waals surface area contributed by atoms with Gasteiger partial charge in [0.1, 0.15) is 0 Å². The Kier molecular flexibility index (Phi) is 3.01. The van der Waals surface area contributed by atoms with Crippen molar-refractivity contribution >= 4 is 12.7 Å². The molecule has 0 bridgehead atoms. The van der Waals surface area contributed by atoms with E-state index in [9.17, 15) is 0 Å². The maximum absolute atomic E-state index is 4.96. The van der Waals surface area contributed by atoms with Crippen LogP contribution in [0.25, 0.3) is 0 Å². The summed E-state index contributed by atoms with van der Waals surface area (Å²) >= 11 is 0. The molecule has 0 aliphatic carbocycles. The summed E-state index contributed by atoms with van der Waals surface area (Å²) in [7, 11) is 2.70. The van der Waals surface area contributed by atoms with E-state index < -0.39 is 7.12 Å². The smallest absolute Gasteiger partial charge is 0.409 e. The Hall–Kier alpha value is -0.935. The molecule has 58 valence electrons. The summed E-state index contributed by atoms with van der Waals surface area (Å²) in [6.45, 7) is 0. The van der Waals surface area contributed by atoms with Crippen molar-refractivity contribution in [1.29, 1.82) is 0 Å². The number of aromatic nitrogens is 2. The van der Waals surface area contributed by atoms with E-state index in [2.05, 4.69) is 10.2 Å². The van der Waals surface area contributed by atoms with Crippen molar-refractivity contribution in [2.24, 2.45) is 0 Å². The maximum Gasteiger partial charge on any atom is 0.515 e. The normalized spacial score (nSPS) is 9.64. The summed E-state index contributed by atoms with van der Waals surface area (Å²) in [6.07, 6.45) is 1.60. The highest BCUT2D eigenvalue weighted by Gasteiger charge is 2.19. The van der Waals surface area contributed by atoms with Gasteiger partial charge in [0, 0.05) is 20.4 Å². The summed E-state index contributed by atoms with van der Waals surface area (Å²) < 4.78 is 9.92. The molecule has 0 aliphatic heterocycles. The molecule has 11 heavy (non-hydrogen) atoms. The van der Waals surface area contributed by atoms with E-state index in [1.54, 1.807) is 32.5 Å². The van der Waals surface area contributed by atoms with Gasteiger partial charge in [-0.05, 0) is 12.1 Å². The summed E-state index contributed by atoms with van der Waals surface area (Å²) in [4.78, 5) is 0. The summed E-state index contributed by atoms with van der Waals surface area (Å²) in [6, 6.07) is 3.58. The van der Waals surface area contributed by atoms with E-state index in [1.807, 2.05) is 0 Å². The van der Waals surface area contributed by atoms with Crippen LogP contribution < -0.4 is 5.59 Å². The van der Waals surface area contributed by atoms with Gasteiger partial charge in [0.25, 0.3) is 0 Å². The van der Waals surface area contributed by atoms with Gasteiger partial charge in [-0.2, -0.15) is 10.2 Å². The number of nitrogens with zero attached hydrogens (tertiary/aromatic N) is 2. The number of hydrogen-bond acceptors (Lipinski definition) is 4. The minimum atomic E-state index is -0.413. The first kappa shape index (κ1) is 8.16. The first-order valence-electron chi connectivity index (χ1n) is 3.21. The van der Waals surface area contributed by atoms with Crippen molar-refractivity contribution in [1.82, 2.24) is 10.2 Å². The van der Waals surface area contributed by atoms with E-state index in [0.29, 0.717) is 5.59 Å². The molecule has 0 atom stereocenters. The van der Waals surface area contributed by atoms with Crippen molar-refractivity contribution in [3.05, 3.63) is 18.3 Å². The molecule has 0 saturated carbocycles. The molecule has 1 heterocycles. The molecule has 0 radical (unpaired) electrons. The average molecular weight is 152 g/mol. The van der Waals surface area contributed by atoms with Crippen LogP contribution in [-0.4, -0.2) is 31.5 Å². The molecule has 1 aromatic rings. The van der Waals surface area contributed by atoms with Crippen molar-refractivity contribution in [3.8, 4) is 0 Å². The van der Waals surface area contributed by atoms with Gasteiger partial charge >= 0.3 is 7.12 Å². The second-order valence-corrected chi connectivity index (χ2v) is 1.95. The van der Waals surface area contributed by atoms with Gasteiger partial charge in [-0.25, -0.2) is 0 Å². The Morgan fingerprint density at radius 1 is 1.36 bits per heavy atom. The maximum atomic E-state index is 4.96. The van der Waals surface area contributed by atoms with Crippen LogP contribution in [0.3, 0.4) is 0 Å². The third-order valence-electron chi connectivity index (χ3n) is 1.26. The molecule has 5 heteroatoms. The first-order valence-corrected chi connectivity index (χ1v) is 3.21. The molecule has 0 amide bonds. The fourth-order valence-corrected chi connectivity index (χ4v) is 0.777. The lowest BCUT2D eigenvalue weighted by molar-refractivity contribution is 0.290. The lowest BCUT2D eigenvalue weighted by atomic mass is 9.85. The molecular weight excluding hydrogens is 143 g/mol. The average Bonchev–Trinajstić information content (AvgIpc) is 2.09. The predicted octanol–water partition coefficient (Wildman–Crippen LogP) is -0.535.